The van der Waals surface area contributed by atoms with Gasteiger partial charge in [-0.15, -0.1) is 0 Å². The predicted molar refractivity (Wildman–Crippen MR) is 67.9 cm³/mol. The molecule has 1 N–H and O–H groups in total. The molecule has 1 heterocycles. The second-order valence-corrected chi connectivity index (χ2v) is 4.20. The number of hydrogen-bond acceptors (Lipinski definition) is 2. The summed E-state index contributed by atoms with van der Waals surface area (Å²) in [6, 6.07) is 8.86. The van der Waals surface area contributed by atoms with Crippen LogP contribution >= 0.6 is 0 Å². The summed E-state index contributed by atoms with van der Waals surface area (Å²) in [5.74, 6) is 0. The van der Waals surface area contributed by atoms with Crippen LogP contribution in [0.3, 0.4) is 0 Å². The molecule has 0 radical (unpaired) electrons. The Bertz CT molecular complexity index is 476. The number of benzene rings is 1. The largest absolute Gasteiger partial charge is 0.383 e. The van der Waals surface area contributed by atoms with Gasteiger partial charge in [-0.25, -0.2) is 0 Å². The number of hydrogen-bond donors (Lipinski definition) is 1. The lowest BCUT2D eigenvalue weighted by Crippen LogP contribution is -2.20. The molecule has 0 saturated heterocycles. The summed E-state index contributed by atoms with van der Waals surface area (Å²) in [7, 11) is 3.78. The van der Waals surface area contributed by atoms with Crippen molar-refractivity contribution >= 4 is 16.6 Å². The molecule has 0 spiro atoms. The summed E-state index contributed by atoms with van der Waals surface area (Å²) in [6.07, 6.45) is 2.08. The number of methoxy groups -OCH3 is 1. The van der Waals surface area contributed by atoms with Crippen LogP contribution in [0.15, 0.2) is 30.5 Å². The Morgan fingerprint density at radius 2 is 2.19 bits per heavy atom. The van der Waals surface area contributed by atoms with Crippen molar-refractivity contribution in [2.75, 3.05) is 19.0 Å². The summed E-state index contributed by atoms with van der Waals surface area (Å²) in [4.78, 5) is 0. The Morgan fingerprint density at radius 1 is 1.38 bits per heavy atom. The van der Waals surface area contributed by atoms with E-state index in [4.69, 9.17) is 4.74 Å². The maximum atomic E-state index is 5.10. The maximum Gasteiger partial charge on any atom is 0.0661 e. The molecule has 1 atom stereocenters. The normalized spacial score (nSPS) is 12.9. The van der Waals surface area contributed by atoms with Crippen molar-refractivity contribution < 1.29 is 4.74 Å². The highest BCUT2D eigenvalue weighted by Gasteiger charge is 2.03. The SMILES string of the molecule is COCC(C)Nc1ccc2c(ccn2C)c1. The number of fused-ring (bicyclic) bond motifs is 1. The highest BCUT2D eigenvalue weighted by atomic mass is 16.5. The molecule has 2 aromatic rings. The Hall–Kier alpha value is -1.48. The van der Waals surface area contributed by atoms with Crippen LogP contribution in [0.5, 0.6) is 0 Å². The number of anilines is 1. The van der Waals surface area contributed by atoms with Gasteiger partial charge in [0.2, 0.25) is 0 Å². The molecular weight excluding hydrogens is 200 g/mol. The van der Waals surface area contributed by atoms with Crippen LogP contribution in [-0.2, 0) is 11.8 Å². The van der Waals surface area contributed by atoms with E-state index in [-0.39, 0.29) is 0 Å². The van der Waals surface area contributed by atoms with Crippen molar-refractivity contribution in [1.29, 1.82) is 0 Å². The minimum atomic E-state index is 0.325. The highest BCUT2D eigenvalue weighted by molar-refractivity contribution is 5.83. The second kappa shape index (κ2) is 4.58. The van der Waals surface area contributed by atoms with Crippen molar-refractivity contribution in [3.8, 4) is 0 Å². The van der Waals surface area contributed by atoms with Gasteiger partial charge >= 0.3 is 0 Å². The van der Waals surface area contributed by atoms with Crippen molar-refractivity contribution in [2.45, 2.75) is 13.0 Å². The summed E-state index contributed by atoms with van der Waals surface area (Å²) >= 11 is 0. The fourth-order valence-electron chi connectivity index (χ4n) is 1.95. The van der Waals surface area contributed by atoms with E-state index in [0.29, 0.717) is 12.6 Å². The minimum Gasteiger partial charge on any atom is -0.383 e. The topological polar surface area (TPSA) is 26.2 Å². The van der Waals surface area contributed by atoms with Gasteiger partial charge in [-0.3, -0.25) is 0 Å². The number of ether oxygens (including phenoxy) is 1. The molecule has 1 aromatic heterocycles. The number of nitrogens with zero attached hydrogens (tertiary/aromatic N) is 1. The number of aryl methyl sites for hydroxylation is 1. The molecular formula is C13H18N2O. The smallest absolute Gasteiger partial charge is 0.0661 e. The van der Waals surface area contributed by atoms with E-state index in [0.717, 1.165) is 5.69 Å². The maximum absolute atomic E-state index is 5.10. The molecule has 3 nitrogen and oxygen atoms in total. The first-order valence-electron chi connectivity index (χ1n) is 5.51. The third kappa shape index (κ3) is 2.19. The van der Waals surface area contributed by atoms with Gasteiger partial charge < -0.3 is 14.6 Å². The number of rotatable bonds is 4. The molecule has 86 valence electrons. The van der Waals surface area contributed by atoms with E-state index in [2.05, 4.69) is 54.3 Å². The lowest BCUT2D eigenvalue weighted by atomic mass is 10.2. The molecule has 2 rings (SSSR count). The Kier molecular flexibility index (Phi) is 3.15. The molecule has 1 aromatic carbocycles. The minimum absolute atomic E-state index is 0.325. The summed E-state index contributed by atoms with van der Waals surface area (Å²) in [5, 5.41) is 4.67. The summed E-state index contributed by atoms with van der Waals surface area (Å²) in [6.45, 7) is 2.82. The molecule has 0 aliphatic carbocycles. The van der Waals surface area contributed by atoms with Gasteiger partial charge in [-0.05, 0) is 31.2 Å². The Morgan fingerprint density at radius 3 is 2.94 bits per heavy atom. The van der Waals surface area contributed by atoms with Crippen LogP contribution in [-0.4, -0.2) is 24.3 Å². The third-order valence-corrected chi connectivity index (χ3v) is 2.71. The Labute approximate surface area is 96.0 Å². The van der Waals surface area contributed by atoms with E-state index in [1.807, 2.05) is 0 Å². The van der Waals surface area contributed by atoms with Crippen LogP contribution < -0.4 is 5.32 Å². The molecule has 0 saturated carbocycles. The van der Waals surface area contributed by atoms with E-state index in [9.17, 15) is 0 Å². The average molecular weight is 218 g/mol. The second-order valence-electron chi connectivity index (χ2n) is 4.20. The van der Waals surface area contributed by atoms with Crippen LogP contribution in [0.2, 0.25) is 0 Å². The van der Waals surface area contributed by atoms with E-state index >= 15 is 0 Å². The Balaban J connectivity index is 2.19. The van der Waals surface area contributed by atoms with Crippen molar-refractivity contribution in [3.05, 3.63) is 30.5 Å². The molecule has 0 aliphatic rings. The van der Waals surface area contributed by atoms with Crippen molar-refractivity contribution in [2.24, 2.45) is 7.05 Å². The fourth-order valence-corrected chi connectivity index (χ4v) is 1.95. The molecule has 0 fully saturated rings. The first-order valence-corrected chi connectivity index (χ1v) is 5.51. The summed E-state index contributed by atoms with van der Waals surface area (Å²) < 4.78 is 7.22. The van der Waals surface area contributed by atoms with E-state index < -0.39 is 0 Å². The fraction of sp³-hybridized carbons (Fsp3) is 0.385. The van der Waals surface area contributed by atoms with Gasteiger partial charge in [0.15, 0.2) is 0 Å². The van der Waals surface area contributed by atoms with Crippen LogP contribution in [0, 0.1) is 0 Å². The first kappa shape index (κ1) is 11.0. The molecule has 16 heavy (non-hydrogen) atoms. The zero-order valence-electron chi connectivity index (χ0n) is 10.0. The van der Waals surface area contributed by atoms with Gasteiger partial charge in [0.05, 0.1) is 6.61 Å². The quantitative estimate of drug-likeness (QED) is 0.853. The molecule has 0 amide bonds. The highest BCUT2D eigenvalue weighted by Crippen LogP contribution is 2.20. The molecule has 3 heteroatoms. The third-order valence-electron chi connectivity index (χ3n) is 2.71. The zero-order valence-corrected chi connectivity index (χ0v) is 10.0. The number of aromatic nitrogens is 1. The average Bonchev–Trinajstić information content (AvgIpc) is 2.60. The van der Waals surface area contributed by atoms with E-state index in [1.54, 1.807) is 7.11 Å². The van der Waals surface area contributed by atoms with Crippen LogP contribution in [0.1, 0.15) is 6.92 Å². The van der Waals surface area contributed by atoms with Gasteiger partial charge in [0, 0.05) is 43.0 Å². The van der Waals surface area contributed by atoms with Crippen molar-refractivity contribution in [1.82, 2.24) is 4.57 Å². The van der Waals surface area contributed by atoms with Crippen molar-refractivity contribution in [3.63, 3.8) is 0 Å². The number of nitrogens with one attached hydrogen (secondary N) is 1. The summed E-state index contributed by atoms with van der Waals surface area (Å²) in [5.41, 5.74) is 2.40. The van der Waals surface area contributed by atoms with Gasteiger partial charge in [0.1, 0.15) is 0 Å². The van der Waals surface area contributed by atoms with Crippen LogP contribution in [0.25, 0.3) is 10.9 Å². The lowest BCUT2D eigenvalue weighted by Gasteiger charge is -2.14. The van der Waals surface area contributed by atoms with Gasteiger partial charge in [-0.1, -0.05) is 0 Å². The zero-order chi connectivity index (χ0) is 11.5. The monoisotopic (exact) mass is 218 g/mol. The van der Waals surface area contributed by atoms with Gasteiger partial charge in [0.25, 0.3) is 0 Å². The van der Waals surface area contributed by atoms with E-state index in [1.165, 1.54) is 10.9 Å². The standard InChI is InChI=1S/C13H18N2O/c1-10(9-16-3)14-12-4-5-13-11(8-12)6-7-15(13)2/h4-8,10,14H,9H2,1-3H3. The predicted octanol–water partition coefficient (Wildman–Crippen LogP) is 2.63. The molecule has 0 aliphatic heterocycles. The molecule has 0 bridgehead atoms. The van der Waals surface area contributed by atoms with Gasteiger partial charge in [-0.2, -0.15) is 0 Å². The lowest BCUT2D eigenvalue weighted by molar-refractivity contribution is 0.190. The molecule has 1 unspecified atom stereocenters. The van der Waals surface area contributed by atoms with Crippen LogP contribution in [0.4, 0.5) is 5.69 Å². The first-order chi connectivity index (χ1) is 7.70.